The number of primary amides is 1. The molecule has 578 valence electrons. The number of benzene rings is 2. The molecule has 2 aromatic heterocycles. The van der Waals surface area contributed by atoms with Crippen molar-refractivity contribution in [2.75, 3.05) is 45.9 Å². The number of ketones is 3. The van der Waals surface area contributed by atoms with Gasteiger partial charge in [0.1, 0.15) is 29.0 Å². The summed E-state index contributed by atoms with van der Waals surface area (Å²) in [4.78, 5) is 165. The van der Waals surface area contributed by atoms with Crippen LogP contribution in [0.5, 0.6) is 0 Å². The van der Waals surface area contributed by atoms with Gasteiger partial charge in [-0.3, -0.25) is 38.4 Å². The van der Waals surface area contributed by atoms with E-state index >= 15 is 0 Å². The lowest BCUT2D eigenvalue weighted by Gasteiger charge is -2.41. The molecule has 0 radical (unpaired) electrons. The Labute approximate surface area is 621 Å². The van der Waals surface area contributed by atoms with Gasteiger partial charge in [0.25, 0.3) is 0 Å². The Morgan fingerprint density at radius 1 is 0.762 bits per heavy atom. The first-order valence-electron chi connectivity index (χ1n) is 36.0. The third-order valence-corrected chi connectivity index (χ3v) is 21.0. The number of likely N-dealkylation sites (tertiary alicyclic amines) is 1. The second kappa shape index (κ2) is 41.9. The fourth-order valence-electron chi connectivity index (χ4n) is 13.0. The van der Waals surface area contributed by atoms with Crippen molar-refractivity contribution < 1.29 is 75.4 Å². The molecule has 1 aliphatic heterocycles. The number of urea groups is 1. The second-order valence-electron chi connectivity index (χ2n) is 28.6. The number of rotatable bonds is 44. The van der Waals surface area contributed by atoms with Crippen LogP contribution in [0.25, 0.3) is 0 Å². The summed E-state index contributed by atoms with van der Waals surface area (Å²) < 4.78 is 41.2. The van der Waals surface area contributed by atoms with Crippen LogP contribution < -0.4 is 37.6 Å². The minimum absolute atomic E-state index is 0.0882. The van der Waals surface area contributed by atoms with Gasteiger partial charge in [-0.25, -0.2) is 33.0 Å². The summed E-state index contributed by atoms with van der Waals surface area (Å²) in [6, 6.07) is 11.9. The van der Waals surface area contributed by atoms with Gasteiger partial charge in [0.2, 0.25) is 50.4 Å². The number of nitrogens with two attached hydrogens (primary N) is 1. The molecule has 2 aromatic carbocycles. The Kier molecular flexibility index (Phi) is 34.7. The predicted molar refractivity (Wildman–Crippen MR) is 397 cm³/mol. The van der Waals surface area contributed by atoms with Crippen molar-refractivity contribution in [2.24, 2.45) is 41.2 Å². The summed E-state index contributed by atoms with van der Waals surface area (Å²) in [6.07, 6.45) is 6.83. The van der Waals surface area contributed by atoms with E-state index in [-0.39, 0.29) is 99.0 Å². The molecule has 1 aliphatic rings. The number of likely N-dealkylation sites (N-methyl/N-ethyl adjacent to an activating group) is 1. The van der Waals surface area contributed by atoms with Crippen molar-refractivity contribution in [1.82, 2.24) is 51.3 Å². The number of hydrogen-bond acceptors (Lipinski definition) is 20. The summed E-state index contributed by atoms with van der Waals surface area (Å²) in [7, 11) is 1.04. The first-order chi connectivity index (χ1) is 49.6. The van der Waals surface area contributed by atoms with E-state index in [0.29, 0.717) is 62.7 Å². The zero-order valence-corrected chi connectivity index (χ0v) is 64.8. The Morgan fingerprint density at radius 2 is 1.41 bits per heavy atom. The monoisotopic (exact) mass is 1500 g/mol. The van der Waals surface area contributed by atoms with Crippen molar-refractivity contribution in [3.05, 3.63) is 100 Å². The molecule has 0 spiro atoms. The molecule has 105 heavy (non-hydrogen) atoms. The number of nitrogens with one attached hydrogen (secondary N) is 6. The number of methoxy groups -OCH3 is 2. The van der Waals surface area contributed by atoms with Crippen molar-refractivity contribution in [2.45, 2.75) is 219 Å². The first-order valence-corrected chi connectivity index (χ1v) is 38.8. The summed E-state index contributed by atoms with van der Waals surface area (Å²) >= 11 is 1.46. The Morgan fingerprint density at radius 3 is 1.99 bits per heavy atom. The molecule has 5 rings (SSSR count). The molecule has 30 heteroatoms. The Bertz CT molecular complexity index is 3660. The molecular weight excluding hydrogens is 1390 g/mol. The Hall–Kier alpha value is -8.61. The molecule has 0 unspecified atom stereocenters. The summed E-state index contributed by atoms with van der Waals surface area (Å²) in [5.74, 6) is -6.99. The standard InChI is InChI=1S/C75H110N12O16S2/c1-15-47(6)64(60(101-12)41-61(91)87-36-23-28-57(87)65(102-13)49(8)66(92)82-56(69-77-35-37-104-69)39-50-24-18-16-19-25-50)86(11)70(95)63(46(4)5)84-71(96)75(9,10)85-74(98)103-44-51-30-32-55(33-31-51)81-67(93)53(27-22-34-78-72(76)97)40-59(90)62(45(2)3)83-68(94)52(38-48(7)88)26-20-17-21-29-58(89)54-42-79-73(80-43-54)105(14,99)100/h16,18-19,24-25,30-33,35,37,42-43,45-47,49,52-53,56-57,60,62-65H,15,17,20-23,26-29,34,36,38-41,44H2,1-14H3,(H,81,93)(H,82,92)(H,83,94)(H,84,96)(H,85,98)(H3,76,78,97)/t47-,49+,52+,53+,56-,57-,60+,62-,63-,64-,65+/m0/s1. The predicted octanol–water partition coefficient (Wildman–Crippen LogP) is 8.03. The maximum absolute atomic E-state index is 14.8. The van der Waals surface area contributed by atoms with Crippen LogP contribution in [0, 0.1) is 35.5 Å². The average molecular weight is 1500 g/mol. The SMILES string of the molecule is CC[C@H](C)[C@@H]([C@@H](CC(=O)N1CCC[C@H]1[C@H](OC)[C@@H](C)C(=O)N[C@@H](Cc1ccccc1)c1nccs1)OC)N(C)C(=O)[C@@H](NC(=O)C(C)(C)NC(=O)OCc1ccc(NC(=O)[C@H](CCCNC(N)=O)CC(=O)[C@@H](NC(=O)[C@H](CCCCCC(=O)c2cnc(S(C)(=O)=O)nc2)CC(C)=O)C(C)C)cc1)C(C)C. The highest BCUT2D eigenvalue weighted by molar-refractivity contribution is 7.90. The number of carbonyl (C=O) groups excluding carboxylic acids is 11. The molecule has 4 aromatic rings. The number of thiazole rings is 1. The van der Waals surface area contributed by atoms with Crippen LogP contribution in [-0.4, -0.2) is 181 Å². The summed E-state index contributed by atoms with van der Waals surface area (Å²) in [5, 5.41) is 19.1. The third-order valence-electron chi connectivity index (χ3n) is 19.2. The molecule has 3 heterocycles. The van der Waals surface area contributed by atoms with Gasteiger partial charge in [0.15, 0.2) is 11.6 Å². The van der Waals surface area contributed by atoms with Gasteiger partial charge in [0, 0.05) is 101 Å². The Balaban J connectivity index is 1.16. The van der Waals surface area contributed by atoms with Crippen LogP contribution in [-0.2, 0) is 75.4 Å². The zero-order valence-electron chi connectivity index (χ0n) is 63.2. The van der Waals surface area contributed by atoms with Gasteiger partial charge in [-0.05, 0) is 107 Å². The molecule has 1 saturated heterocycles. The van der Waals surface area contributed by atoms with Crippen LogP contribution in [0.3, 0.4) is 0 Å². The minimum atomic E-state index is -3.64. The number of Topliss-reactive ketones (excluding diaryl/α,β-unsaturated/α-hetero) is 3. The van der Waals surface area contributed by atoms with Crippen LogP contribution in [0.1, 0.15) is 185 Å². The van der Waals surface area contributed by atoms with Gasteiger partial charge in [0.05, 0.1) is 54.3 Å². The van der Waals surface area contributed by atoms with Crippen molar-refractivity contribution in [3.63, 3.8) is 0 Å². The van der Waals surface area contributed by atoms with E-state index in [4.69, 9.17) is 19.9 Å². The van der Waals surface area contributed by atoms with E-state index in [1.807, 2.05) is 49.6 Å². The van der Waals surface area contributed by atoms with Gasteiger partial charge in [-0.2, -0.15) is 0 Å². The second-order valence-corrected chi connectivity index (χ2v) is 31.4. The highest BCUT2D eigenvalue weighted by Crippen LogP contribution is 2.32. The van der Waals surface area contributed by atoms with Gasteiger partial charge < -0.3 is 66.4 Å². The summed E-state index contributed by atoms with van der Waals surface area (Å²) in [6.45, 7) is 17.4. The first kappa shape index (κ1) is 87.0. The van der Waals surface area contributed by atoms with Crippen LogP contribution in [0.4, 0.5) is 15.3 Å². The molecule has 1 fully saturated rings. The van der Waals surface area contributed by atoms with Gasteiger partial charge >= 0.3 is 12.1 Å². The smallest absolute Gasteiger partial charge is 0.408 e. The molecule has 8 N–H and O–H groups in total. The van der Waals surface area contributed by atoms with E-state index in [1.54, 1.807) is 84.1 Å². The van der Waals surface area contributed by atoms with E-state index < -0.39 is 128 Å². The average Bonchev–Trinajstić information content (AvgIpc) is 1.79. The van der Waals surface area contributed by atoms with Crippen LogP contribution in [0.15, 0.2) is 83.7 Å². The number of carbonyl (C=O) groups is 11. The third kappa shape index (κ3) is 27.0. The van der Waals surface area contributed by atoms with Crippen molar-refractivity contribution >= 4 is 91.8 Å². The molecule has 28 nitrogen and oxygen atoms in total. The number of hydrogen-bond donors (Lipinski definition) is 7. The van der Waals surface area contributed by atoms with Gasteiger partial charge in [-0.15, -0.1) is 11.3 Å². The number of sulfone groups is 1. The van der Waals surface area contributed by atoms with E-state index in [1.165, 1.54) is 44.1 Å². The fraction of sp³-hybridized carbons (Fsp3) is 0.600. The highest BCUT2D eigenvalue weighted by Gasteiger charge is 2.44. The number of nitrogens with zero attached hydrogens (tertiary/aromatic N) is 5. The molecule has 9 amide bonds. The number of anilines is 1. The highest BCUT2D eigenvalue weighted by atomic mass is 32.2. The maximum Gasteiger partial charge on any atom is 0.408 e. The number of unbranched alkanes of at least 4 members (excludes halogenated alkanes) is 2. The lowest BCUT2D eigenvalue weighted by atomic mass is 9.88. The summed E-state index contributed by atoms with van der Waals surface area (Å²) in [5.41, 5.74) is 5.71. The fourth-order valence-corrected chi connectivity index (χ4v) is 14.2. The quantitative estimate of drug-likeness (QED) is 0.0125. The van der Waals surface area contributed by atoms with E-state index in [0.717, 1.165) is 29.2 Å². The molecule has 0 saturated carbocycles. The van der Waals surface area contributed by atoms with Crippen molar-refractivity contribution in [3.8, 4) is 0 Å². The minimum Gasteiger partial charge on any atom is -0.445 e. The lowest BCUT2D eigenvalue weighted by molar-refractivity contribution is -0.148. The van der Waals surface area contributed by atoms with Crippen LogP contribution >= 0.6 is 11.3 Å². The van der Waals surface area contributed by atoms with Crippen molar-refractivity contribution in [1.29, 1.82) is 0 Å². The zero-order chi connectivity index (χ0) is 77.9. The normalized spacial score (nSPS) is 16.0. The molecule has 11 atom stereocenters. The number of ether oxygens (including phenoxy) is 3. The maximum atomic E-state index is 14.8. The largest absolute Gasteiger partial charge is 0.445 e. The lowest BCUT2D eigenvalue weighted by Crippen LogP contribution is -2.62. The number of amides is 9. The molecular formula is C75H110N12O16S2. The van der Waals surface area contributed by atoms with E-state index in [2.05, 4.69) is 46.9 Å². The van der Waals surface area contributed by atoms with Gasteiger partial charge in [-0.1, -0.05) is 110 Å². The van der Waals surface area contributed by atoms with E-state index in [9.17, 15) is 61.2 Å². The topological polar surface area (TPSA) is 393 Å². The number of alkyl carbamates (subject to hydrolysis) is 1. The molecule has 0 aliphatic carbocycles. The number of aromatic nitrogens is 3. The molecule has 0 bridgehead atoms. The van der Waals surface area contributed by atoms with Crippen LogP contribution in [0.2, 0.25) is 0 Å².